The van der Waals surface area contributed by atoms with Gasteiger partial charge < -0.3 is 14.4 Å². The average molecular weight is 314 g/mol. The van der Waals surface area contributed by atoms with Gasteiger partial charge in [0.05, 0.1) is 18.8 Å². The quantitative estimate of drug-likeness (QED) is 0.890. The van der Waals surface area contributed by atoms with Crippen molar-refractivity contribution in [1.82, 2.24) is 9.88 Å². The molecule has 2 heterocycles. The molecule has 0 radical (unpaired) electrons. The van der Waals surface area contributed by atoms with Crippen molar-refractivity contribution in [3.8, 4) is 11.3 Å². The maximum atomic E-state index is 12.2. The molecule has 1 fully saturated rings. The van der Waals surface area contributed by atoms with E-state index in [2.05, 4.69) is 4.98 Å². The van der Waals surface area contributed by atoms with Gasteiger partial charge in [0.25, 0.3) is 0 Å². The minimum absolute atomic E-state index is 0.00826. The maximum Gasteiger partial charge on any atom is 0.222 e. The predicted octanol–water partition coefficient (Wildman–Crippen LogP) is 2.65. The summed E-state index contributed by atoms with van der Waals surface area (Å²) in [5, 5.41) is 9.28. The lowest BCUT2D eigenvalue weighted by molar-refractivity contribution is -0.132. The Morgan fingerprint density at radius 3 is 2.96 bits per heavy atom. The van der Waals surface area contributed by atoms with Crippen LogP contribution in [0.4, 0.5) is 0 Å². The van der Waals surface area contributed by atoms with E-state index >= 15 is 0 Å². The van der Waals surface area contributed by atoms with Gasteiger partial charge >= 0.3 is 0 Å². The van der Waals surface area contributed by atoms with Gasteiger partial charge in [0, 0.05) is 24.9 Å². The molecule has 122 valence electrons. The topological polar surface area (TPSA) is 66.6 Å². The highest BCUT2D eigenvalue weighted by molar-refractivity contribution is 5.76. The summed E-state index contributed by atoms with van der Waals surface area (Å²) in [5.41, 5.74) is 1.00. The molecule has 1 atom stereocenters. The predicted molar refractivity (Wildman–Crippen MR) is 86.7 cm³/mol. The molecule has 2 aromatic rings. The molecule has 1 aromatic carbocycles. The largest absolute Gasteiger partial charge is 0.441 e. The fourth-order valence-electron chi connectivity index (χ4n) is 3.05. The standard InChI is InChI=1S/C18H22N2O3/c21-13-15-8-5-11-20(15)18(22)10-4-9-17-19-12-16(23-17)14-6-2-1-3-7-14/h1-3,6-7,12,15,21H,4-5,8-11,13H2/t15-/m1/s1. The summed E-state index contributed by atoms with van der Waals surface area (Å²) in [6, 6.07) is 9.86. The minimum Gasteiger partial charge on any atom is -0.441 e. The Morgan fingerprint density at radius 2 is 2.17 bits per heavy atom. The number of aliphatic hydroxyl groups excluding tert-OH is 1. The molecule has 0 aliphatic carbocycles. The molecule has 1 N–H and O–H groups in total. The zero-order valence-corrected chi connectivity index (χ0v) is 13.1. The normalized spacial score (nSPS) is 17.6. The fourth-order valence-corrected chi connectivity index (χ4v) is 3.05. The molecule has 3 rings (SSSR count). The van der Waals surface area contributed by atoms with Crippen molar-refractivity contribution in [2.45, 2.75) is 38.1 Å². The maximum absolute atomic E-state index is 12.2. The van der Waals surface area contributed by atoms with Crippen LogP contribution >= 0.6 is 0 Å². The Bertz CT molecular complexity index is 639. The van der Waals surface area contributed by atoms with Crippen molar-refractivity contribution in [3.63, 3.8) is 0 Å². The molecule has 5 nitrogen and oxygen atoms in total. The number of benzene rings is 1. The molecular formula is C18H22N2O3. The first-order chi connectivity index (χ1) is 11.3. The lowest BCUT2D eigenvalue weighted by Gasteiger charge is -2.22. The summed E-state index contributed by atoms with van der Waals surface area (Å²) in [4.78, 5) is 18.3. The van der Waals surface area contributed by atoms with Crippen molar-refractivity contribution in [3.05, 3.63) is 42.4 Å². The molecule has 1 aliphatic rings. The van der Waals surface area contributed by atoms with E-state index in [1.807, 2.05) is 35.2 Å². The first-order valence-electron chi connectivity index (χ1n) is 8.18. The third-order valence-electron chi connectivity index (χ3n) is 4.30. The molecule has 0 spiro atoms. The van der Waals surface area contributed by atoms with Gasteiger partial charge in [-0.05, 0) is 19.3 Å². The number of aliphatic hydroxyl groups is 1. The fraction of sp³-hybridized carbons (Fsp3) is 0.444. The van der Waals surface area contributed by atoms with E-state index in [0.717, 1.165) is 30.7 Å². The second kappa shape index (κ2) is 7.42. The molecule has 1 saturated heterocycles. The lowest BCUT2D eigenvalue weighted by atomic mass is 10.2. The summed E-state index contributed by atoms with van der Waals surface area (Å²) in [6.45, 7) is 0.827. The lowest BCUT2D eigenvalue weighted by Crippen LogP contribution is -2.37. The van der Waals surface area contributed by atoms with Gasteiger partial charge in [-0.25, -0.2) is 4.98 Å². The molecule has 0 saturated carbocycles. The number of carbonyl (C=O) groups is 1. The number of aryl methyl sites for hydroxylation is 1. The van der Waals surface area contributed by atoms with Gasteiger partial charge in [-0.3, -0.25) is 4.79 Å². The summed E-state index contributed by atoms with van der Waals surface area (Å²) in [5.74, 6) is 1.54. The highest BCUT2D eigenvalue weighted by atomic mass is 16.4. The average Bonchev–Trinajstić information content (AvgIpc) is 3.24. The van der Waals surface area contributed by atoms with Gasteiger partial charge in [-0.15, -0.1) is 0 Å². The van der Waals surface area contributed by atoms with Crippen LogP contribution in [0, 0.1) is 0 Å². The molecule has 5 heteroatoms. The van der Waals surface area contributed by atoms with E-state index in [9.17, 15) is 9.90 Å². The van der Waals surface area contributed by atoms with Crippen LogP contribution in [-0.2, 0) is 11.2 Å². The number of carbonyl (C=O) groups excluding carboxylic acids is 1. The molecule has 0 bridgehead atoms. The Labute approximate surface area is 135 Å². The monoisotopic (exact) mass is 314 g/mol. The van der Waals surface area contributed by atoms with E-state index in [4.69, 9.17) is 4.42 Å². The number of hydrogen-bond donors (Lipinski definition) is 1. The first kappa shape index (κ1) is 15.7. The van der Waals surface area contributed by atoms with E-state index in [1.54, 1.807) is 6.20 Å². The van der Waals surface area contributed by atoms with Crippen LogP contribution in [0.15, 0.2) is 40.9 Å². The SMILES string of the molecule is O=C(CCCc1ncc(-c2ccccc2)o1)N1CCC[C@@H]1CO. The third-order valence-corrected chi connectivity index (χ3v) is 4.30. The van der Waals surface area contributed by atoms with Crippen LogP contribution in [0.3, 0.4) is 0 Å². The van der Waals surface area contributed by atoms with Crippen LogP contribution in [0.5, 0.6) is 0 Å². The summed E-state index contributed by atoms with van der Waals surface area (Å²) >= 11 is 0. The second-order valence-corrected chi connectivity index (χ2v) is 5.90. The molecule has 1 aliphatic heterocycles. The number of hydrogen-bond acceptors (Lipinski definition) is 4. The summed E-state index contributed by atoms with van der Waals surface area (Å²) in [7, 11) is 0. The third kappa shape index (κ3) is 3.79. The zero-order chi connectivity index (χ0) is 16.1. The molecular weight excluding hydrogens is 292 g/mol. The zero-order valence-electron chi connectivity index (χ0n) is 13.1. The van der Waals surface area contributed by atoms with Crippen molar-refractivity contribution in [2.24, 2.45) is 0 Å². The molecule has 1 aromatic heterocycles. The number of likely N-dealkylation sites (tertiary alicyclic amines) is 1. The van der Waals surface area contributed by atoms with Crippen LogP contribution in [-0.4, -0.2) is 40.1 Å². The Kier molecular flexibility index (Phi) is 5.08. The van der Waals surface area contributed by atoms with Gasteiger partial charge in [-0.1, -0.05) is 30.3 Å². The van der Waals surface area contributed by atoms with Crippen molar-refractivity contribution in [1.29, 1.82) is 0 Å². The number of rotatable bonds is 6. The van der Waals surface area contributed by atoms with Gasteiger partial charge in [0.1, 0.15) is 0 Å². The van der Waals surface area contributed by atoms with Crippen LogP contribution in [0.2, 0.25) is 0 Å². The van der Waals surface area contributed by atoms with Crippen LogP contribution in [0.1, 0.15) is 31.6 Å². The Hall–Kier alpha value is -2.14. The number of amides is 1. The van der Waals surface area contributed by atoms with Gasteiger partial charge in [0.15, 0.2) is 11.7 Å². The number of nitrogens with zero attached hydrogens (tertiary/aromatic N) is 2. The minimum atomic E-state index is 0.00826. The first-order valence-corrected chi connectivity index (χ1v) is 8.18. The highest BCUT2D eigenvalue weighted by Gasteiger charge is 2.27. The van der Waals surface area contributed by atoms with Crippen molar-refractivity contribution in [2.75, 3.05) is 13.2 Å². The summed E-state index contributed by atoms with van der Waals surface area (Å²) in [6.07, 6.45) is 5.45. The number of oxazole rings is 1. The summed E-state index contributed by atoms with van der Waals surface area (Å²) < 4.78 is 5.74. The molecule has 23 heavy (non-hydrogen) atoms. The van der Waals surface area contributed by atoms with Crippen molar-refractivity contribution < 1.29 is 14.3 Å². The Balaban J connectivity index is 1.49. The smallest absolute Gasteiger partial charge is 0.222 e. The van der Waals surface area contributed by atoms with Crippen LogP contribution in [0.25, 0.3) is 11.3 Å². The van der Waals surface area contributed by atoms with E-state index in [1.165, 1.54) is 0 Å². The van der Waals surface area contributed by atoms with E-state index in [0.29, 0.717) is 25.2 Å². The number of aromatic nitrogens is 1. The van der Waals surface area contributed by atoms with Gasteiger partial charge in [-0.2, -0.15) is 0 Å². The molecule has 0 unspecified atom stereocenters. The second-order valence-electron chi connectivity index (χ2n) is 5.90. The van der Waals surface area contributed by atoms with E-state index in [-0.39, 0.29) is 18.6 Å². The van der Waals surface area contributed by atoms with E-state index < -0.39 is 0 Å². The highest BCUT2D eigenvalue weighted by Crippen LogP contribution is 2.21. The molecule has 1 amide bonds. The van der Waals surface area contributed by atoms with Crippen LogP contribution < -0.4 is 0 Å². The van der Waals surface area contributed by atoms with Gasteiger partial charge in [0.2, 0.25) is 5.91 Å². The Morgan fingerprint density at radius 1 is 1.35 bits per heavy atom. The van der Waals surface area contributed by atoms with Crippen molar-refractivity contribution >= 4 is 5.91 Å².